The van der Waals surface area contributed by atoms with Gasteiger partial charge in [0.15, 0.2) is 11.9 Å². The molecule has 2 atom stereocenters. The number of alkyl halides is 2. The average Bonchev–Trinajstić information content (AvgIpc) is 2.35. The van der Waals surface area contributed by atoms with E-state index in [1.54, 1.807) is 6.07 Å². The number of carboxylic acid groups (broad SMARTS) is 1. The summed E-state index contributed by atoms with van der Waals surface area (Å²) in [7, 11) is 0. The first-order valence-corrected chi connectivity index (χ1v) is 6.68. The van der Waals surface area contributed by atoms with Gasteiger partial charge in [-0.25, -0.2) is 4.79 Å². The second-order valence-electron chi connectivity index (χ2n) is 3.81. The lowest BCUT2D eigenvalue weighted by Gasteiger charge is -2.14. The summed E-state index contributed by atoms with van der Waals surface area (Å²) < 4.78 is 0. The molecule has 0 spiro atoms. The van der Waals surface area contributed by atoms with Crippen LogP contribution in [0.2, 0.25) is 0 Å². The summed E-state index contributed by atoms with van der Waals surface area (Å²) in [6.45, 7) is 1.36. The Hall–Kier alpha value is -0.910. The molecule has 0 amide bonds. The van der Waals surface area contributed by atoms with Gasteiger partial charge in [-0.1, -0.05) is 34.1 Å². The van der Waals surface area contributed by atoms with Crippen LogP contribution in [0.3, 0.4) is 0 Å². The first-order chi connectivity index (χ1) is 8.38. The first kappa shape index (κ1) is 15.1. The van der Waals surface area contributed by atoms with E-state index in [0.717, 1.165) is 5.56 Å². The third kappa shape index (κ3) is 3.31. The predicted molar refractivity (Wildman–Crippen MR) is 70.9 cm³/mol. The van der Waals surface area contributed by atoms with E-state index < -0.39 is 17.5 Å². The number of hydrogen-bond donors (Lipinski definition) is 2. The first-order valence-electron chi connectivity index (χ1n) is 5.12. The van der Waals surface area contributed by atoms with E-state index in [2.05, 4.69) is 15.9 Å². The Morgan fingerprint density at radius 1 is 1.44 bits per heavy atom. The van der Waals surface area contributed by atoms with E-state index in [-0.39, 0.29) is 11.3 Å². The Bertz CT molecular complexity index is 475. The van der Waals surface area contributed by atoms with Crippen LogP contribution < -0.4 is 0 Å². The molecular weight excluding hydrogens is 323 g/mol. The van der Waals surface area contributed by atoms with Gasteiger partial charge in [0.1, 0.15) is 5.38 Å². The van der Waals surface area contributed by atoms with Gasteiger partial charge in [-0.15, -0.1) is 11.6 Å². The number of aliphatic hydroxyl groups excluding tert-OH is 1. The fourth-order valence-electron chi connectivity index (χ4n) is 1.50. The summed E-state index contributed by atoms with van der Waals surface area (Å²) in [6, 6.07) is 4.60. The van der Waals surface area contributed by atoms with Gasteiger partial charge in [-0.05, 0) is 23.6 Å². The van der Waals surface area contributed by atoms with Crippen molar-refractivity contribution in [1.82, 2.24) is 0 Å². The standard InChI is InChI=1S/C12H12BrClO4/c1-6(15)10(14)9-4-7(11(16)12(17)18)2-3-8(9)5-13/h2-4,10-11,16H,5H2,1H3,(H,17,18). The van der Waals surface area contributed by atoms with Crippen molar-refractivity contribution in [3.05, 3.63) is 34.9 Å². The molecule has 1 aromatic carbocycles. The normalized spacial score (nSPS) is 14.0. The summed E-state index contributed by atoms with van der Waals surface area (Å²) in [6.07, 6.45) is -1.62. The van der Waals surface area contributed by atoms with Crippen molar-refractivity contribution >= 4 is 39.3 Å². The Morgan fingerprint density at radius 2 is 2.06 bits per heavy atom. The summed E-state index contributed by atoms with van der Waals surface area (Å²) in [5, 5.41) is 17.8. The number of aliphatic carboxylic acids is 1. The molecule has 0 saturated heterocycles. The predicted octanol–water partition coefficient (Wildman–Crippen LogP) is 2.57. The van der Waals surface area contributed by atoms with E-state index >= 15 is 0 Å². The number of hydrogen-bond acceptors (Lipinski definition) is 3. The van der Waals surface area contributed by atoms with Crippen molar-refractivity contribution in [2.75, 3.05) is 0 Å². The van der Waals surface area contributed by atoms with Crippen LogP contribution >= 0.6 is 27.5 Å². The lowest BCUT2D eigenvalue weighted by Crippen LogP contribution is -2.12. The van der Waals surface area contributed by atoms with E-state index in [9.17, 15) is 14.7 Å². The van der Waals surface area contributed by atoms with Gasteiger partial charge in [0, 0.05) is 5.33 Å². The number of carboxylic acids is 1. The number of ketones is 1. The van der Waals surface area contributed by atoms with Crippen molar-refractivity contribution in [2.45, 2.75) is 23.7 Å². The van der Waals surface area contributed by atoms with Gasteiger partial charge >= 0.3 is 5.97 Å². The summed E-state index contributed by atoms with van der Waals surface area (Å²) >= 11 is 9.25. The molecule has 0 fully saturated rings. The summed E-state index contributed by atoms with van der Waals surface area (Å²) in [4.78, 5) is 22.0. The zero-order valence-electron chi connectivity index (χ0n) is 9.56. The zero-order valence-corrected chi connectivity index (χ0v) is 11.9. The highest BCUT2D eigenvalue weighted by Gasteiger charge is 2.21. The van der Waals surface area contributed by atoms with Crippen LogP contribution in [-0.4, -0.2) is 22.0 Å². The van der Waals surface area contributed by atoms with Crippen LogP contribution in [0.5, 0.6) is 0 Å². The number of carbonyl (C=O) groups excluding carboxylic acids is 1. The molecule has 98 valence electrons. The Balaban J connectivity index is 3.25. The highest BCUT2D eigenvalue weighted by Crippen LogP contribution is 2.29. The average molecular weight is 336 g/mol. The van der Waals surface area contributed by atoms with E-state index in [0.29, 0.717) is 10.9 Å². The van der Waals surface area contributed by atoms with Gasteiger partial charge in [0.05, 0.1) is 0 Å². The minimum atomic E-state index is -1.62. The van der Waals surface area contributed by atoms with Crippen molar-refractivity contribution < 1.29 is 19.8 Å². The second kappa shape index (κ2) is 6.31. The number of halogens is 2. The lowest BCUT2D eigenvalue weighted by atomic mass is 9.98. The van der Waals surface area contributed by atoms with Crippen LogP contribution in [0.1, 0.15) is 35.1 Å². The third-order valence-corrected chi connectivity index (χ3v) is 3.64. The van der Waals surface area contributed by atoms with Crippen molar-refractivity contribution in [1.29, 1.82) is 0 Å². The third-order valence-electron chi connectivity index (χ3n) is 2.49. The molecule has 0 heterocycles. The molecule has 0 aliphatic heterocycles. The van der Waals surface area contributed by atoms with Gasteiger partial charge in [0.25, 0.3) is 0 Å². The van der Waals surface area contributed by atoms with Crippen molar-refractivity contribution in [2.24, 2.45) is 0 Å². The summed E-state index contributed by atoms with van der Waals surface area (Å²) in [5.74, 6) is -1.58. The molecule has 4 nitrogen and oxygen atoms in total. The van der Waals surface area contributed by atoms with Crippen LogP contribution in [0, 0.1) is 0 Å². The topological polar surface area (TPSA) is 74.6 Å². The van der Waals surface area contributed by atoms with Gasteiger partial charge in [-0.2, -0.15) is 0 Å². The molecule has 0 saturated carbocycles. The minimum Gasteiger partial charge on any atom is -0.479 e. The van der Waals surface area contributed by atoms with E-state index in [1.807, 2.05) is 0 Å². The fraction of sp³-hybridized carbons (Fsp3) is 0.333. The molecule has 0 aromatic heterocycles. The van der Waals surface area contributed by atoms with Crippen LogP contribution in [0.25, 0.3) is 0 Å². The van der Waals surface area contributed by atoms with E-state index in [4.69, 9.17) is 16.7 Å². The van der Waals surface area contributed by atoms with Crippen molar-refractivity contribution in [3.8, 4) is 0 Å². The largest absolute Gasteiger partial charge is 0.479 e. The van der Waals surface area contributed by atoms with Crippen LogP contribution in [0.15, 0.2) is 18.2 Å². The highest BCUT2D eigenvalue weighted by atomic mass is 79.9. The minimum absolute atomic E-state index is 0.203. The molecule has 0 radical (unpaired) electrons. The molecule has 2 unspecified atom stereocenters. The van der Waals surface area contributed by atoms with Crippen LogP contribution in [-0.2, 0) is 14.9 Å². The maximum atomic E-state index is 11.3. The molecule has 6 heteroatoms. The van der Waals surface area contributed by atoms with Gasteiger partial charge in [0.2, 0.25) is 0 Å². The van der Waals surface area contributed by atoms with Gasteiger partial charge in [-0.3, -0.25) is 4.79 Å². The maximum absolute atomic E-state index is 11.3. The lowest BCUT2D eigenvalue weighted by molar-refractivity contribution is -0.146. The molecule has 0 bridgehead atoms. The zero-order chi connectivity index (χ0) is 13.9. The smallest absolute Gasteiger partial charge is 0.337 e. The number of benzene rings is 1. The molecule has 1 rings (SSSR count). The molecule has 18 heavy (non-hydrogen) atoms. The quantitative estimate of drug-likeness (QED) is 0.811. The number of carbonyl (C=O) groups is 2. The Kier molecular flexibility index (Phi) is 5.31. The van der Waals surface area contributed by atoms with Crippen LogP contribution in [0.4, 0.5) is 0 Å². The SMILES string of the molecule is CC(=O)C(Cl)c1cc(C(O)C(=O)O)ccc1CBr. The fourth-order valence-corrected chi connectivity index (χ4v) is 2.22. The Labute approximate surface area is 118 Å². The second-order valence-corrected chi connectivity index (χ2v) is 4.80. The molecule has 0 aliphatic carbocycles. The maximum Gasteiger partial charge on any atom is 0.337 e. The molecule has 0 aliphatic rings. The Morgan fingerprint density at radius 3 is 2.50 bits per heavy atom. The van der Waals surface area contributed by atoms with Crippen molar-refractivity contribution in [3.63, 3.8) is 0 Å². The molecule has 1 aromatic rings. The monoisotopic (exact) mass is 334 g/mol. The molecular formula is C12H12BrClO4. The number of Topliss-reactive ketones (excluding diaryl/α,β-unsaturated/α-hetero) is 1. The van der Waals surface area contributed by atoms with Gasteiger partial charge < -0.3 is 10.2 Å². The number of rotatable bonds is 5. The summed E-state index contributed by atoms with van der Waals surface area (Å²) in [5.41, 5.74) is 1.50. The number of aliphatic hydroxyl groups is 1. The highest BCUT2D eigenvalue weighted by molar-refractivity contribution is 9.08. The van der Waals surface area contributed by atoms with E-state index in [1.165, 1.54) is 19.1 Å². The molecule has 2 N–H and O–H groups in total.